The van der Waals surface area contributed by atoms with Gasteiger partial charge in [0.1, 0.15) is 0 Å². The molecule has 0 fully saturated rings. The maximum absolute atomic E-state index is 2.66. The largest absolute Gasteiger partial charge is 0.309 e. The SMILES string of the molecule is CCCCCCCCC1(CCCCCCCC)c2cc(-c3ccc(-c4ccc(C)cc4)cc3)ccc2-c2ccc(-c3cc(C)cc(-n4c5ccccc5c5cc(-c6ccc7c(c6)c6ccccc6n7-c6ccc7c(c6)C(CCCCCCCC)(CCCCCCCC)c6ccccc6-7)ccc54)c3)cc21. The number of aryl methyl sites for hydroxylation is 2. The number of rotatable bonds is 34. The highest BCUT2D eigenvalue weighted by molar-refractivity contribution is 6.13. The lowest BCUT2D eigenvalue weighted by Crippen LogP contribution is -2.25. The Morgan fingerprint density at radius 2 is 0.567 bits per heavy atom. The molecule has 0 saturated carbocycles. The maximum Gasteiger partial charge on any atom is 0.0541 e. The van der Waals surface area contributed by atoms with Crippen molar-refractivity contribution >= 4 is 43.6 Å². The van der Waals surface area contributed by atoms with Crippen LogP contribution < -0.4 is 0 Å². The first kappa shape index (κ1) is 70.7. The minimum atomic E-state index is -0.0739. The lowest BCUT2D eigenvalue weighted by Gasteiger charge is -2.33. The quantitative estimate of drug-likeness (QED) is 0.0356. The molecule has 2 aliphatic rings. The molecule has 530 valence electrons. The fourth-order valence-corrected chi connectivity index (χ4v) is 19.1. The standard InChI is InChI=1S/C102H112N2/c1-7-11-15-19-23-33-61-101(62-34-24-20-16-12-8-2)93-40-30-27-37-85(93)88-58-55-83(72-96(88)101)103-97-41-31-28-38-89(97)91-68-78(53-59-99(91)103)79-54-60-100-92(69-79)90-39-29-32-42-98(90)104(100)84-66-74(6)65-82(67-84)81-52-57-87-86-56-51-80(77-49-47-76(48-50-77)75-45-43-73(5)44-46-75)70-94(86)102(95(87)71-81,63-35-25-21-17-13-9-3)64-36-26-22-18-14-10-4/h27-32,37-60,65-72H,7-26,33-36,61-64H2,1-6H3. The molecular weight excluding hydrogens is 1250 g/mol. The first-order valence-electron chi connectivity index (χ1n) is 41.1. The van der Waals surface area contributed by atoms with E-state index in [0.29, 0.717) is 0 Å². The van der Waals surface area contributed by atoms with Gasteiger partial charge in [-0.05, 0) is 207 Å². The lowest BCUT2D eigenvalue weighted by molar-refractivity contribution is 0.398. The van der Waals surface area contributed by atoms with Gasteiger partial charge in [0.2, 0.25) is 0 Å². The Kier molecular flexibility index (Phi) is 21.9. The van der Waals surface area contributed by atoms with Crippen LogP contribution in [-0.2, 0) is 10.8 Å². The van der Waals surface area contributed by atoms with Crippen molar-refractivity contribution in [3.05, 3.63) is 264 Å². The van der Waals surface area contributed by atoms with E-state index in [1.807, 2.05) is 0 Å². The number of hydrogen-bond donors (Lipinski definition) is 0. The Labute approximate surface area is 623 Å². The molecule has 0 N–H and O–H groups in total. The van der Waals surface area contributed by atoms with E-state index in [0.717, 1.165) is 0 Å². The first-order chi connectivity index (χ1) is 51.2. The molecule has 2 aromatic heterocycles. The molecule has 2 heterocycles. The smallest absolute Gasteiger partial charge is 0.0541 e. The number of para-hydroxylation sites is 2. The van der Waals surface area contributed by atoms with Crippen molar-refractivity contribution in [3.8, 4) is 78.1 Å². The van der Waals surface area contributed by atoms with Crippen molar-refractivity contribution in [2.75, 3.05) is 0 Å². The molecule has 13 aromatic rings. The summed E-state index contributed by atoms with van der Waals surface area (Å²) in [7, 11) is 0. The van der Waals surface area contributed by atoms with Gasteiger partial charge in [-0.15, -0.1) is 0 Å². The number of fused-ring (bicyclic) bond motifs is 12. The van der Waals surface area contributed by atoms with E-state index < -0.39 is 0 Å². The van der Waals surface area contributed by atoms with Gasteiger partial charge >= 0.3 is 0 Å². The normalized spacial score (nSPS) is 13.4. The van der Waals surface area contributed by atoms with E-state index in [1.165, 1.54) is 313 Å². The van der Waals surface area contributed by atoms with Crippen molar-refractivity contribution in [1.29, 1.82) is 0 Å². The predicted molar refractivity (Wildman–Crippen MR) is 451 cm³/mol. The van der Waals surface area contributed by atoms with E-state index in [4.69, 9.17) is 0 Å². The summed E-state index contributed by atoms with van der Waals surface area (Å²) in [5, 5.41) is 5.15. The predicted octanol–water partition coefficient (Wildman–Crippen LogP) is 30.7. The highest BCUT2D eigenvalue weighted by Gasteiger charge is 2.44. The molecule has 0 amide bonds. The highest BCUT2D eigenvalue weighted by atomic mass is 15.0. The van der Waals surface area contributed by atoms with E-state index in [9.17, 15) is 0 Å². The van der Waals surface area contributed by atoms with Crippen molar-refractivity contribution in [2.45, 2.75) is 232 Å². The third-order valence-corrected chi connectivity index (χ3v) is 24.6. The Bertz CT molecular complexity index is 5090. The fraction of sp³-hybridized carbons (Fsp3) is 0.353. The monoisotopic (exact) mass is 1360 g/mol. The summed E-state index contributed by atoms with van der Waals surface area (Å²) in [5.41, 5.74) is 32.2. The summed E-state index contributed by atoms with van der Waals surface area (Å²) in [4.78, 5) is 0. The lowest BCUT2D eigenvalue weighted by atomic mass is 9.70. The van der Waals surface area contributed by atoms with Crippen LogP contribution in [0, 0.1) is 13.8 Å². The maximum atomic E-state index is 2.66. The molecule has 2 heteroatoms. The summed E-state index contributed by atoms with van der Waals surface area (Å²) in [5.74, 6) is 0. The summed E-state index contributed by atoms with van der Waals surface area (Å²) in [6.07, 6.45) is 36.2. The first-order valence-corrected chi connectivity index (χ1v) is 41.1. The van der Waals surface area contributed by atoms with Gasteiger partial charge in [-0.3, -0.25) is 0 Å². The Balaban J connectivity index is 0.778. The zero-order valence-electron chi connectivity index (χ0n) is 63.6. The molecule has 0 unspecified atom stereocenters. The van der Waals surface area contributed by atoms with Crippen molar-refractivity contribution in [3.63, 3.8) is 0 Å². The van der Waals surface area contributed by atoms with Crippen molar-refractivity contribution < 1.29 is 0 Å². The van der Waals surface area contributed by atoms with Crippen LogP contribution >= 0.6 is 0 Å². The van der Waals surface area contributed by atoms with E-state index in [-0.39, 0.29) is 10.8 Å². The van der Waals surface area contributed by atoms with Gasteiger partial charge in [0.15, 0.2) is 0 Å². The second-order valence-corrected chi connectivity index (χ2v) is 31.7. The third kappa shape index (κ3) is 14.0. The third-order valence-electron chi connectivity index (χ3n) is 24.6. The van der Waals surface area contributed by atoms with Crippen molar-refractivity contribution in [1.82, 2.24) is 9.13 Å². The van der Waals surface area contributed by atoms with Gasteiger partial charge in [-0.1, -0.05) is 345 Å². The van der Waals surface area contributed by atoms with Crippen LogP contribution in [0.5, 0.6) is 0 Å². The van der Waals surface area contributed by atoms with E-state index in [1.54, 1.807) is 22.3 Å². The van der Waals surface area contributed by atoms with Gasteiger partial charge in [-0.2, -0.15) is 0 Å². The summed E-state index contributed by atoms with van der Waals surface area (Å²) < 4.78 is 5.13. The molecule has 0 bridgehead atoms. The highest BCUT2D eigenvalue weighted by Crippen LogP contribution is 2.58. The van der Waals surface area contributed by atoms with E-state index in [2.05, 4.69) is 281 Å². The number of hydrogen-bond acceptors (Lipinski definition) is 0. The zero-order valence-corrected chi connectivity index (χ0v) is 63.6. The zero-order chi connectivity index (χ0) is 71.0. The van der Waals surface area contributed by atoms with Gasteiger partial charge in [0.25, 0.3) is 0 Å². The summed E-state index contributed by atoms with van der Waals surface area (Å²) >= 11 is 0. The van der Waals surface area contributed by atoms with Crippen LogP contribution in [0.3, 0.4) is 0 Å². The Morgan fingerprint density at radius 3 is 1.07 bits per heavy atom. The molecule has 15 rings (SSSR count). The van der Waals surface area contributed by atoms with Crippen LogP contribution in [0.1, 0.15) is 241 Å². The van der Waals surface area contributed by atoms with Crippen LogP contribution in [0.25, 0.3) is 122 Å². The molecule has 104 heavy (non-hydrogen) atoms. The second kappa shape index (κ2) is 32.2. The molecule has 0 saturated heterocycles. The molecule has 0 radical (unpaired) electrons. The number of benzene rings is 11. The molecule has 0 atom stereocenters. The Hall–Kier alpha value is -8.98. The average Bonchev–Trinajstić information content (AvgIpc) is 1.57. The van der Waals surface area contributed by atoms with E-state index >= 15 is 0 Å². The van der Waals surface area contributed by atoms with Gasteiger partial charge in [0, 0.05) is 43.7 Å². The van der Waals surface area contributed by atoms with Gasteiger partial charge in [-0.25, -0.2) is 0 Å². The molecule has 2 nitrogen and oxygen atoms in total. The number of aromatic nitrogens is 2. The number of nitrogens with zero attached hydrogens (tertiary/aromatic N) is 2. The minimum Gasteiger partial charge on any atom is -0.309 e. The molecule has 2 aliphatic carbocycles. The van der Waals surface area contributed by atoms with Gasteiger partial charge in [0.05, 0.1) is 22.1 Å². The summed E-state index contributed by atoms with van der Waals surface area (Å²) in [6.45, 7) is 13.8. The topological polar surface area (TPSA) is 9.86 Å². The van der Waals surface area contributed by atoms with Crippen LogP contribution in [0.2, 0.25) is 0 Å². The minimum absolute atomic E-state index is 0.0136. The fourth-order valence-electron chi connectivity index (χ4n) is 19.1. The van der Waals surface area contributed by atoms with Gasteiger partial charge < -0.3 is 9.13 Å². The molecule has 0 spiro atoms. The average molecular weight is 1370 g/mol. The summed E-state index contributed by atoms with van der Waals surface area (Å²) in [6, 6.07) is 90.7. The molecular formula is C102H112N2. The van der Waals surface area contributed by atoms with Crippen LogP contribution in [0.15, 0.2) is 231 Å². The molecule has 11 aromatic carbocycles. The van der Waals surface area contributed by atoms with Crippen molar-refractivity contribution in [2.24, 2.45) is 0 Å². The molecule has 0 aliphatic heterocycles. The van der Waals surface area contributed by atoms with Crippen LogP contribution in [0.4, 0.5) is 0 Å². The Morgan fingerprint density at radius 1 is 0.221 bits per heavy atom. The number of unbranched alkanes of at least 4 members (excludes halogenated alkanes) is 20. The van der Waals surface area contributed by atoms with Crippen LogP contribution in [-0.4, -0.2) is 9.13 Å². The second-order valence-electron chi connectivity index (χ2n) is 31.7.